The van der Waals surface area contributed by atoms with Crippen LogP contribution in [0.1, 0.15) is 34.8 Å². The van der Waals surface area contributed by atoms with Crippen molar-refractivity contribution in [1.29, 1.82) is 0 Å². The van der Waals surface area contributed by atoms with Gasteiger partial charge in [-0.2, -0.15) is 0 Å². The Morgan fingerprint density at radius 2 is 1.74 bits per heavy atom. The fourth-order valence-corrected chi connectivity index (χ4v) is 3.13. The predicted molar refractivity (Wildman–Crippen MR) is 101 cm³/mol. The number of esters is 1. The van der Waals surface area contributed by atoms with Gasteiger partial charge in [0.25, 0.3) is 0 Å². The number of rotatable bonds is 5. The van der Waals surface area contributed by atoms with Crippen LogP contribution < -0.4 is 5.32 Å². The van der Waals surface area contributed by atoms with E-state index in [0.717, 1.165) is 12.0 Å². The van der Waals surface area contributed by atoms with E-state index in [2.05, 4.69) is 11.4 Å². The van der Waals surface area contributed by atoms with E-state index in [0.29, 0.717) is 18.8 Å². The van der Waals surface area contributed by atoms with Crippen molar-refractivity contribution in [2.24, 2.45) is 0 Å². The highest BCUT2D eigenvalue weighted by Crippen LogP contribution is 2.20. The molecule has 0 saturated carbocycles. The first-order valence-electron chi connectivity index (χ1n) is 8.99. The number of fused-ring (bicyclic) bond motifs is 1. The highest BCUT2D eigenvalue weighted by atomic mass is 16.5. The van der Waals surface area contributed by atoms with Gasteiger partial charge < -0.3 is 15.0 Å². The van der Waals surface area contributed by atoms with Crippen LogP contribution in [0.2, 0.25) is 0 Å². The molecule has 0 spiro atoms. The average Bonchev–Trinajstić information content (AvgIpc) is 2.68. The Kier molecular flexibility index (Phi) is 5.86. The molecule has 0 radical (unpaired) electrons. The number of carbonyl (C=O) groups excluding carboxylic acids is 3. The summed E-state index contributed by atoms with van der Waals surface area (Å²) < 4.78 is 4.99. The van der Waals surface area contributed by atoms with Gasteiger partial charge >= 0.3 is 5.97 Å². The van der Waals surface area contributed by atoms with E-state index >= 15 is 0 Å². The van der Waals surface area contributed by atoms with Crippen molar-refractivity contribution in [2.45, 2.75) is 26.3 Å². The molecule has 0 aliphatic carbocycles. The van der Waals surface area contributed by atoms with E-state index in [1.54, 1.807) is 36.1 Å². The maximum absolute atomic E-state index is 12.5. The molecule has 0 unspecified atom stereocenters. The number of amides is 2. The molecule has 6 nitrogen and oxygen atoms in total. The summed E-state index contributed by atoms with van der Waals surface area (Å²) in [5, 5.41) is 2.65. The van der Waals surface area contributed by atoms with E-state index in [-0.39, 0.29) is 24.5 Å². The van der Waals surface area contributed by atoms with Crippen molar-refractivity contribution < 1.29 is 19.1 Å². The molecule has 27 heavy (non-hydrogen) atoms. The number of ether oxygens (including phenoxy) is 1. The molecule has 2 aromatic rings. The van der Waals surface area contributed by atoms with Crippen molar-refractivity contribution >= 4 is 23.5 Å². The first kappa shape index (κ1) is 18.6. The minimum absolute atomic E-state index is 0.226. The summed E-state index contributed by atoms with van der Waals surface area (Å²) >= 11 is 0. The second-order valence-corrected chi connectivity index (χ2v) is 6.33. The van der Waals surface area contributed by atoms with Gasteiger partial charge in [0.1, 0.15) is 6.42 Å². The van der Waals surface area contributed by atoms with Crippen LogP contribution in [0.4, 0.5) is 5.69 Å². The largest absolute Gasteiger partial charge is 0.462 e. The summed E-state index contributed by atoms with van der Waals surface area (Å²) in [5.41, 5.74) is 2.98. The lowest BCUT2D eigenvalue weighted by Crippen LogP contribution is -2.37. The standard InChI is InChI=1S/C21H22N2O4/c1-2-27-21(26)17-9-5-6-10-18(17)22-19(24)13-20(25)23-12-11-15-7-3-4-8-16(15)14-23/h3-10H,2,11-14H2,1H3,(H,22,24). The lowest BCUT2D eigenvalue weighted by molar-refractivity contribution is -0.135. The van der Waals surface area contributed by atoms with Gasteiger partial charge in [0, 0.05) is 13.1 Å². The number of nitrogens with one attached hydrogen (secondary N) is 1. The Hall–Kier alpha value is -3.15. The monoisotopic (exact) mass is 366 g/mol. The van der Waals surface area contributed by atoms with Crippen LogP contribution in [-0.4, -0.2) is 35.8 Å². The topological polar surface area (TPSA) is 75.7 Å². The van der Waals surface area contributed by atoms with Crippen LogP contribution in [0.15, 0.2) is 48.5 Å². The number of benzene rings is 2. The molecule has 2 amide bonds. The lowest BCUT2D eigenvalue weighted by Gasteiger charge is -2.28. The summed E-state index contributed by atoms with van der Waals surface area (Å²) in [6, 6.07) is 14.6. The van der Waals surface area contributed by atoms with E-state index in [9.17, 15) is 14.4 Å². The number of para-hydroxylation sites is 1. The Bertz CT molecular complexity index is 863. The van der Waals surface area contributed by atoms with Crippen molar-refractivity contribution in [3.8, 4) is 0 Å². The molecule has 0 atom stereocenters. The van der Waals surface area contributed by atoms with E-state index < -0.39 is 11.9 Å². The van der Waals surface area contributed by atoms with E-state index in [4.69, 9.17) is 4.74 Å². The zero-order chi connectivity index (χ0) is 19.2. The number of nitrogens with zero attached hydrogens (tertiary/aromatic N) is 1. The van der Waals surface area contributed by atoms with Gasteiger partial charge in [-0.25, -0.2) is 4.79 Å². The molecule has 6 heteroatoms. The highest BCUT2D eigenvalue weighted by molar-refractivity contribution is 6.06. The number of carbonyl (C=O) groups is 3. The quantitative estimate of drug-likeness (QED) is 0.652. The van der Waals surface area contributed by atoms with Crippen molar-refractivity contribution in [1.82, 2.24) is 4.90 Å². The van der Waals surface area contributed by atoms with Gasteiger partial charge in [-0.1, -0.05) is 36.4 Å². The highest BCUT2D eigenvalue weighted by Gasteiger charge is 2.23. The van der Waals surface area contributed by atoms with Crippen LogP contribution in [0.3, 0.4) is 0 Å². The summed E-state index contributed by atoms with van der Waals surface area (Å²) in [7, 11) is 0. The maximum Gasteiger partial charge on any atom is 0.340 e. The first-order valence-corrected chi connectivity index (χ1v) is 8.99. The second kappa shape index (κ2) is 8.49. The number of hydrogen-bond acceptors (Lipinski definition) is 4. The molecule has 2 aromatic carbocycles. The molecule has 1 aliphatic heterocycles. The molecule has 1 aliphatic rings. The van der Waals surface area contributed by atoms with E-state index in [1.165, 1.54) is 5.56 Å². The van der Waals surface area contributed by atoms with Gasteiger partial charge in [0.15, 0.2) is 0 Å². The Balaban J connectivity index is 1.62. The fraction of sp³-hybridized carbons (Fsp3) is 0.286. The van der Waals surface area contributed by atoms with Crippen LogP contribution in [0.25, 0.3) is 0 Å². The Morgan fingerprint density at radius 3 is 2.52 bits per heavy atom. The van der Waals surface area contributed by atoms with Crippen LogP contribution >= 0.6 is 0 Å². The van der Waals surface area contributed by atoms with Crippen LogP contribution in [-0.2, 0) is 27.3 Å². The fourth-order valence-electron chi connectivity index (χ4n) is 3.13. The van der Waals surface area contributed by atoms with Gasteiger partial charge in [-0.05, 0) is 36.6 Å². The molecule has 140 valence electrons. The summed E-state index contributed by atoms with van der Waals surface area (Å²) in [4.78, 5) is 38.5. The van der Waals surface area contributed by atoms with Crippen LogP contribution in [0.5, 0.6) is 0 Å². The van der Waals surface area contributed by atoms with Crippen molar-refractivity contribution in [3.63, 3.8) is 0 Å². The SMILES string of the molecule is CCOC(=O)c1ccccc1NC(=O)CC(=O)N1CCc2ccccc2C1. The predicted octanol–water partition coefficient (Wildman–Crippen LogP) is 2.78. The maximum atomic E-state index is 12.5. The van der Waals surface area contributed by atoms with Crippen molar-refractivity contribution in [2.75, 3.05) is 18.5 Å². The second-order valence-electron chi connectivity index (χ2n) is 6.33. The smallest absolute Gasteiger partial charge is 0.340 e. The molecule has 1 N–H and O–H groups in total. The van der Waals surface area contributed by atoms with Gasteiger partial charge in [0.2, 0.25) is 11.8 Å². The first-order chi connectivity index (χ1) is 13.1. The van der Waals surface area contributed by atoms with Crippen molar-refractivity contribution in [3.05, 3.63) is 65.2 Å². The Labute approximate surface area is 158 Å². The third-order valence-corrected chi connectivity index (χ3v) is 4.49. The summed E-state index contributed by atoms with van der Waals surface area (Å²) in [6.07, 6.45) is 0.522. The minimum Gasteiger partial charge on any atom is -0.462 e. The van der Waals surface area contributed by atoms with Gasteiger partial charge in [-0.15, -0.1) is 0 Å². The number of anilines is 1. The molecule has 0 aromatic heterocycles. The molecular weight excluding hydrogens is 344 g/mol. The number of hydrogen-bond donors (Lipinski definition) is 1. The molecule has 0 saturated heterocycles. The molecule has 3 rings (SSSR count). The van der Waals surface area contributed by atoms with Gasteiger partial charge in [0.05, 0.1) is 17.9 Å². The zero-order valence-electron chi connectivity index (χ0n) is 15.2. The average molecular weight is 366 g/mol. The lowest BCUT2D eigenvalue weighted by atomic mass is 10.00. The molecule has 1 heterocycles. The normalized spacial score (nSPS) is 12.9. The zero-order valence-corrected chi connectivity index (χ0v) is 15.2. The van der Waals surface area contributed by atoms with Crippen LogP contribution in [0, 0.1) is 0 Å². The minimum atomic E-state index is -0.507. The molecule has 0 fully saturated rings. The molecular formula is C21H22N2O4. The summed E-state index contributed by atoms with van der Waals surface area (Å²) in [5.74, 6) is -1.18. The third kappa shape index (κ3) is 4.53. The molecule has 0 bridgehead atoms. The van der Waals surface area contributed by atoms with Gasteiger partial charge in [-0.3, -0.25) is 9.59 Å². The Morgan fingerprint density at radius 1 is 1.04 bits per heavy atom. The van der Waals surface area contributed by atoms with E-state index in [1.807, 2.05) is 18.2 Å². The summed E-state index contributed by atoms with van der Waals surface area (Å²) in [6.45, 7) is 3.08. The third-order valence-electron chi connectivity index (χ3n) is 4.49.